The lowest BCUT2D eigenvalue weighted by atomic mass is 9.96. The van der Waals surface area contributed by atoms with Gasteiger partial charge in [0.25, 0.3) is 5.91 Å². The van der Waals surface area contributed by atoms with E-state index in [4.69, 9.17) is 18.9 Å². The summed E-state index contributed by atoms with van der Waals surface area (Å²) in [7, 11) is 1.35. The minimum Gasteiger partial charge on any atom is -0.463 e. The molecular formula is C18H23NO8. The van der Waals surface area contributed by atoms with Crippen LogP contribution in [0.5, 0.6) is 0 Å². The van der Waals surface area contributed by atoms with Crippen molar-refractivity contribution in [3.8, 4) is 0 Å². The normalized spacial score (nSPS) is 27.5. The Morgan fingerprint density at radius 1 is 1.11 bits per heavy atom. The highest BCUT2D eigenvalue weighted by Gasteiger charge is 2.48. The summed E-state index contributed by atoms with van der Waals surface area (Å²) in [6, 6.07) is 7.38. The van der Waals surface area contributed by atoms with Crippen molar-refractivity contribution < 1.29 is 38.4 Å². The molecule has 148 valence electrons. The first-order valence-electron chi connectivity index (χ1n) is 8.36. The molecule has 0 aliphatic carbocycles. The van der Waals surface area contributed by atoms with Gasteiger partial charge in [-0.15, -0.1) is 0 Å². The molecule has 1 amide bonds. The second-order valence-corrected chi connectivity index (χ2v) is 6.01. The van der Waals surface area contributed by atoms with E-state index < -0.39 is 48.5 Å². The van der Waals surface area contributed by atoms with Crippen LogP contribution in [0.1, 0.15) is 24.2 Å². The third kappa shape index (κ3) is 5.49. The van der Waals surface area contributed by atoms with Gasteiger partial charge < -0.3 is 29.4 Å². The van der Waals surface area contributed by atoms with Crippen LogP contribution >= 0.6 is 0 Å². The van der Waals surface area contributed by atoms with E-state index >= 15 is 0 Å². The minimum absolute atomic E-state index is 0.246. The van der Waals surface area contributed by atoms with Crippen LogP contribution in [-0.2, 0) is 28.5 Å². The summed E-state index contributed by atoms with van der Waals surface area (Å²) in [5.41, 5.74) is 0.380. The molecule has 2 rings (SSSR count). The Morgan fingerprint density at radius 2 is 1.78 bits per heavy atom. The minimum atomic E-state index is -1.46. The molecule has 0 radical (unpaired) electrons. The summed E-state index contributed by atoms with van der Waals surface area (Å²) in [6.07, 6.45) is -4.35. The quantitative estimate of drug-likeness (QED) is 0.662. The van der Waals surface area contributed by atoms with Gasteiger partial charge in [0, 0.05) is 26.5 Å². The average molecular weight is 381 g/mol. The van der Waals surface area contributed by atoms with Gasteiger partial charge in [-0.05, 0) is 12.1 Å². The zero-order valence-corrected chi connectivity index (χ0v) is 15.3. The van der Waals surface area contributed by atoms with Gasteiger partial charge in [-0.25, -0.2) is 0 Å². The Hall–Kier alpha value is -2.49. The molecule has 2 N–H and O–H groups in total. The van der Waals surface area contributed by atoms with Crippen LogP contribution < -0.4 is 5.32 Å². The van der Waals surface area contributed by atoms with Gasteiger partial charge in [-0.3, -0.25) is 14.4 Å². The van der Waals surface area contributed by atoms with Gasteiger partial charge in [0.15, 0.2) is 12.4 Å². The van der Waals surface area contributed by atoms with Crippen LogP contribution in [0.3, 0.4) is 0 Å². The van der Waals surface area contributed by atoms with Crippen LogP contribution in [0.4, 0.5) is 0 Å². The van der Waals surface area contributed by atoms with Crippen LogP contribution in [0.15, 0.2) is 30.3 Å². The third-order valence-electron chi connectivity index (χ3n) is 4.02. The second kappa shape index (κ2) is 9.45. The fourth-order valence-corrected chi connectivity index (χ4v) is 2.85. The largest absolute Gasteiger partial charge is 0.463 e. The van der Waals surface area contributed by atoms with Crippen LogP contribution in [0.2, 0.25) is 0 Å². The maximum absolute atomic E-state index is 12.4. The highest BCUT2D eigenvalue weighted by atomic mass is 16.7. The van der Waals surface area contributed by atoms with Crippen molar-refractivity contribution in [3.63, 3.8) is 0 Å². The van der Waals surface area contributed by atoms with Crippen LogP contribution in [-0.4, -0.2) is 67.3 Å². The van der Waals surface area contributed by atoms with Gasteiger partial charge in [-0.2, -0.15) is 0 Å². The van der Waals surface area contributed by atoms with Crippen molar-refractivity contribution in [2.24, 2.45) is 0 Å². The molecule has 5 atom stereocenters. The zero-order chi connectivity index (χ0) is 20.0. The molecule has 0 bridgehead atoms. The highest BCUT2D eigenvalue weighted by molar-refractivity contribution is 5.94. The SMILES string of the molecule is COC1C(NC(=O)c2ccccc2)C(O)OC(COC(C)=O)[C@@H]1OC(C)=O. The molecule has 9 heteroatoms. The average Bonchev–Trinajstić information content (AvgIpc) is 2.63. The van der Waals surface area contributed by atoms with E-state index in [1.807, 2.05) is 0 Å². The Bertz CT molecular complexity index is 665. The summed E-state index contributed by atoms with van der Waals surface area (Å²) in [5, 5.41) is 13.0. The van der Waals surface area contributed by atoms with E-state index in [9.17, 15) is 19.5 Å². The predicted molar refractivity (Wildman–Crippen MR) is 91.6 cm³/mol. The lowest BCUT2D eigenvalue weighted by molar-refractivity contribution is -0.263. The molecule has 1 aliphatic rings. The molecule has 4 unspecified atom stereocenters. The summed E-state index contributed by atoms with van der Waals surface area (Å²) in [5.74, 6) is -1.61. The molecule has 1 saturated heterocycles. The number of carbonyl (C=O) groups excluding carboxylic acids is 3. The molecule has 0 aromatic heterocycles. The summed E-state index contributed by atoms with van der Waals surface area (Å²) >= 11 is 0. The van der Waals surface area contributed by atoms with Crippen molar-refractivity contribution in [2.75, 3.05) is 13.7 Å². The number of benzene rings is 1. The van der Waals surface area contributed by atoms with Crippen LogP contribution in [0.25, 0.3) is 0 Å². The maximum Gasteiger partial charge on any atom is 0.303 e. The van der Waals surface area contributed by atoms with E-state index in [2.05, 4.69) is 5.32 Å². The third-order valence-corrected chi connectivity index (χ3v) is 4.02. The first-order chi connectivity index (χ1) is 12.8. The number of amides is 1. The number of hydrogen-bond acceptors (Lipinski definition) is 8. The number of ether oxygens (including phenoxy) is 4. The number of aliphatic hydroxyl groups is 1. The number of methoxy groups -OCH3 is 1. The molecule has 27 heavy (non-hydrogen) atoms. The fourth-order valence-electron chi connectivity index (χ4n) is 2.85. The van der Waals surface area contributed by atoms with Crippen molar-refractivity contribution in [1.29, 1.82) is 0 Å². The second-order valence-electron chi connectivity index (χ2n) is 6.01. The van der Waals surface area contributed by atoms with Gasteiger partial charge in [-0.1, -0.05) is 18.2 Å². The Labute approximate surface area is 156 Å². The molecular weight excluding hydrogens is 358 g/mol. The Morgan fingerprint density at radius 3 is 2.33 bits per heavy atom. The molecule has 1 aromatic carbocycles. The van der Waals surface area contributed by atoms with Crippen molar-refractivity contribution in [2.45, 2.75) is 44.5 Å². The summed E-state index contributed by atoms with van der Waals surface area (Å²) in [6.45, 7) is 2.18. The van der Waals surface area contributed by atoms with Crippen molar-refractivity contribution in [3.05, 3.63) is 35.9 Å². The highest BCUT2D eigenvalue weighted by Crippen LogP contribution is 2.25. The lowest BCUT2D eigenvalue weighted by Crippen LogP contribution is -2.65. The molecule has 0 spiro atoms. The van der Waals surface area contributed by atoms with Gasteiger partial charge in [0.05, 0.1) is 0 Å². The molecule has 1 aromatic rings. The first-order valence-corrected chi connectivity index (χ1v) is 8.36. The molecule has 1 aliphatic heterocycles. The monoisotopic (exact) mass is 381 g/mol. The fraction of sp³-hybridized carbons (Fsp3) is 0.500. The predicted octanol–water partition coefficient (Wildman–Crippen LogP) is 0.0120. The number of aliphatic hydroxyl groups excluding tert-OH is 1. The molecule has 1 heterocycles. The lowest BCUT2D eigenvalue weighted by Gasteiger charge is -2.43. The van der Waals surface area contributed by atoms with E-state index in [0.29, 0.717) is 5.56 Å². The summed E-state index contributed by atoms with van der Waals surface area (Å²) in [4.78, 5) is 35.0. The van der Waals surface area contributed by atoms with E-state index in [-0.39, 0.29) is 6.61 Å². The number of carbonyl (C=O) groups is 3. The summed E-state index contributed by atoms with van der Waals surface area (Å²) < 4.78 is 21.0. The van der Waals surface area contributed by atoms with Crippen LogP contribution in [0, 0.1) is 0 Å². The Kier molecular flexibility index (Phi) is 7.28. The topological polar surface area (TPSA) is 120 Å². The molecule has 1 fully saturated rings. The maximum atomic E-state index is 12.4. The van der Waals surface area contributed by atoms with Gasteiger partial charge >= 0.3 is 11.9 Å². The molecule has 0 saturated carbocycles. The Balaban J connectivity index is 2.20. The van der Waals surface area contributed by atoms with E-state index in [1.165, 1.54) is 21.0 Å². The zero-order valence-electron chi connectivity index (χ0n) is 15.3. The first kappa shape index (κ1) is 20.8. The van der Waals surface area contributed by atoms with Gasteiger partial charge in [0.2, 0.25) is 0 Å². The van der Waals surface area contributed by atoms with Crippen molar-refractivity contribution in [1.82, 2.24) is 5.32 Å². The molecule has 9 nitrogen and oxygen atoms in total. The number of nitrogens with one attached hydrogen (secondary N) is 1. The van der Waals surface area contributed by atoms with Crippen molar-refractivity contribution >= 4 is 17.8 Å². The number of hydrogen-bond donors (Lipinski definition) is 2. The standard InChI is InChI=1S/C18H23NO8/c1-10(20)25-9-13-15(26-11(2)21)16(24-3)14(18(23)27-13)19-17(22)12-7-5-4-6-8-12/h4-8,13-16,18,23H,9H2,1-3H3,(H,19,22)/t13?,14?,15-,16?,18?/m0/s1. The number of rotatable bonds is 6. The number of esters is 2. The van der Waals surface area contributed by atoms with E-state index in [0.717, 1.165) is 0 Å². The van der Waals surface area contributed by atoms with Gasteiger partial charge in [0.1, 0.15) is 24.9 Å². The van der Waals surface area contributed by atoms with E-state index in [1.54, 1.807) is 30.3 Å². The smallest absolute Gasteiger partial charge is 0.303 e.